The molecule has 0 radical (unpaired) electrons. The molecule has 22 heavy (non-hydrogen) atoms. The second kappa shape index (κ2) is 6.36. The molecular formula is C16H14N4OS. The number of anilines is 1. The molecule has 0 saturated carbocycles. The van der Waals surface area contributed by atoms with Crippen LogP contribution in [0.4, 0.5) is 5.13 Å². The number of carbonyl (C=O) groups excluding carboxylic acids is 1. The van der Waals surface area contributed by atoms with Gasteiger partial charge in [-0.15, -0.1) is 11.3 Å². The van der Waals surface area contributed by atoms with Crippen LogP contribution in [-0.4, -0.2) is 20.7 Å². The Morgan fingerprint density at radius 1 is 1.27 bits per heavy atom. The van der Waals surface area contributed by atoms with Gasteiger partial charge in [0.15, 0.2) is 5.13 Å². The molecule has 1 aromatic carbocycles. The zero-order valence-electron chi connectivity index (χ0n) is 11.9. The van der Waals surface area contributed by atoms with Crippen molar-refractivity contribution in [3.05, 3.63) is 65.4 Å². The Kier molecular flexibility index (Phi) is 4.11. The summed E-state index contributed by atoms with van der Waals surface area (Å²) < 4.78 is 1.77. The predicted octanol–water partition coefficient (Wildman–Crippen LogP) is 3.29. The number of aromatic nitrogens is 3. The smallest absolute Gasteiger partial charge is 0.250 e. The molecule has 6 heteroatoms. The minimum atomic E-state index is -0.207. The standard InChI is InChI=1S/C16H14N4OS/c1-12-9-17-16(22-12)19-15(21)8-7-13-10-18-20(11-13)14-5-3-2-4-6-14/h2-11H,1H3,(H,17,19,21)/b8-7+. The molecule has 0 aliphatic carbocycles. The van der Waals surface area contributed by atoms with Crippen LogP contribution >= 0.6 is 11.3 Å². The Bertz CT molecular complexity index is 804. The maximum absolute atomic E-state index is 11.8. The van der Waals surface area contributed by atoms with Crippen molar-refractivity contribution in [2.75, 3.05) is 5.32 Å². The van der Waals surface area contributed by atoms with Gasteiger partial charge in [0, 0.05) is 28.9 Å². The van der Waals surface area contributed by atoms with Crippen LogP contribution in [0.25, 0.3) is 11.8 Å². The minimum Gasteiger partial charge on any atom is -0.298 e. The molecule has 0 bridgehead atoms. The van der Waals surface area contributed by atoms with Crippen molar-refractivity contribution < 1.29 is 4.79 Å². The Morgan fingerprint density at radius 2 is 2.09 bits per heavy atom. The molecule has 2 heterocycles. The lowest BCUT2D eigenvalue weighted by molar-refractivity contribution is -0.111. The lowest BCUT2D eigenvalue weighted by Crippen LogP contribution is -2.06. The lowest BCUT2D eigenvalue weighted by atomic mass is 10.3. The SMILES string of the molecule is Cc1cnc(NC(=O)/C=C/c2cnn(-c3ccccc3)c2)s1. The molecule has 0 aliphatic heterocycles. The molecule has 1 N–H and O–H groups in total. The van der Waals surface area contributed by atoms with Crippen LogP contribution in [0.3, 0.4) is 0 Å². The van der Waals surface area contributed by atoms with Crippen LogP contribution in [0.2, 0.25) is 0 Å². The van der Waals surface area contributed by atoms with Gasteiger partial charge in [-0.05, 0) is 25.1 Å². The summed E-state index contributed by atoms with van der Waals surface area (Å²) in [5.74, 6) is -0.207. The summed E-state index contributed by atoms with van der Waals surface area (Å²) in [6, 6.07) is 9.81. The fourth-order valence-corrected chi connectivity index (χ4v) is 2.54. The molecule has 3 rings (SSSR count). The number of carbonyl (C=O) groups is 1. The highest BCUT2D eigenvalue weighted by Gasteiger charge is 2.02. The molecule has 0 atom stereocenters. The van der Waals surface area contributed by atoms with Crippen molar-refractivity contribution in [1.29, 1.82) is 0 Å². The van der Waals surface area contributed by atoms with Gasteiger partial charge < -0.3 is 0 Å². The largest absolute Gasteiger partial charge is 0.298 e. The minimum absolute atomic E-state index is 0.207. The number of benzene rings is 1. The number of aryl methyl sites for hydroxylation is 1. The van der Waals surface area contributed by atoms with Crippen molar-refractivity contribution in [2.45, 2.75) is 6.92 Å². The third kappa shape index (κ3) is 3.48. The summed E-state index contributed by atoms with van der Waals surface area (Å²) in [6.07, 6.45) is 8.51. The number of para-hydroxylation sites is 1. The third-order valence-corrected chi connectivity index (χ3v) is 3.73. The molecule has 2 aromatic heterocycles. The summed E-state index contributed by atoms with van der Waals surface area (Å²) in [4.78, 5) is 17.0. The summed E-state index contributed by atoms with van der Waals surface area (Å²) in [5.41, 5.74) is 1.83. The number of thiazole rings is 1. The van der Waals surface area contributed by atoms with Gasteiger partial charge in [-0.1, -0.05) is 18.2 Å². The van der Waals surface area contributed by atoms with Gasteiger partial charge in [0.1, 0.15) is 0 Å². The number of hydrogen-bond acceptors (Lipinski definition) is 4. The molecular weight excluding hydrogens is 296 g/mol. The van der Waals surface area contributed by atoms with E-state index in [1.54, 1.807) is 23.2 Å². The highest BCUT2D eigenvalue weighted by atomic mass is 32.1. The summed E-state index contributed by atoms with van der Waals surface area (Å²) in [6.45, 7) is 1.95. The van der Waals surface area contributed by atoms with Gasteiger partial charge in [0.05, 0.1) is 11.9 Å². The molecule has 3 aromatic rings. The molecule has 0 unspecified atom stereocenters. The quantitative estimate of drug-likeness (QED) is 0.752. The van der Waals surface area contributed by atoms with Crippen LogP contribution in [0.1, 0.15) is 10.4 Å². The van der Waals surface area contributed by atoms with E-state index in [2.05, 4.69) is 15.4 Å². The first-order chi connectivity index (χ1) is 10.7. The number of nitrogens with zero attached hydrogens (tertiary/aromatic N) is 3. The van der Waals surface area contributed by atoms with Crippen LogP contribution in [0.15, 0.2) is 55.0 Å². The van der Waals surface area contributed by atoms with E-state index in [-0.39, 0.29) is 5.91 Å². The summed E-state index contributed by atoms with van der Waals surface area (Å²) in [7, 11) is 0. The second-order valence-electron chi connectivity index (χ2n) is 4.65. The average Bonchev–Trinajstić information content (AvgIpc) is 3.15. The molecule has 0 aliphatic rings. The van der Waals surface area contributed by atoms with E-state index in [1.807, 2.05) is 43.5 Å². The summed E-state index contributed by atoms with van der Waals surface area (Å²) in [5, 5.41) is 7.60. The van der Waals surface area contributed by atoms with Crippen LogP contribution < -0.4 is 5.32 Å². The predicted molar refractivity (Wildman–Crippen MR) is 88.1 cm³/mol. The van der Waals surface area contributed by atoms with Crippen LogP contribution in [-0.2, 0) is 4.79 Å². The number of nitrogens with one attached hydrogen (secondary N) is 1. The highest BCUT2D eigenvalue weighted by Crippen LogP contribution is 2.16. The van der Waals surface area contributed by atoms with Crippen LogP contribution in [0.5, 0.6) is 0 Å². The first-order valence-corrected chi connectivity index (χ1v) is 7.54. The third-order valence-electron chi connectivity index (χ3n) is 2.90. The Balaban J connectivity index is 1.66. The molecule has 0 fully saturated rings. The van der Waals surface area contributed by atoms with Gasteiger partial charge in [-0.3, -0.25) is 10.1 Å². The van der Waals surface area contributed by atoms with E-state index in [0.29, 0.717) is 5.13 Å². The fraction of sp³-hybridized carbons (Fsp3) is 0.0625. The molecule has 0 spiro atoms. The van der Waals surface area contributed by atoms with E-state index in [0.717, 1.165) is 16.1 Å². The van der Waals surface area contributed by atoms with Crippen molar-refractivity contribution >= 4 is 28.5 Å². The zero-order valence-corrected chi connectivity index (χ0v) is 12.7. The van der Waals surface area contributed by atoms with Gasteiger partial charge in [-0.2, -0.15) is 5.10 Å². The number of rotatable bonds is 4. The zero-order chi connectivity index (χ0) is 15.4. The Hall–Kier alpha value is -2.73. The van der Waals surface area contributed by atoms with Gasteiger partial charge in [0.2, 0.25) is 5.91 Å². The van der Waals surface area contributed by atoms with Gasteiger partial charge in [-0.25, -0.2) is 9.67 Å². The maximum atomic E-state index is 11.8. The second-order valence-corrected chi connectivity index (χ2v) is 5.89. The molecule has 110 valence electrons. The fourth-order valence-electron chi connectivity index (χ4n) is 1.88. The topological polar surface area (TPSA) is 59.8 Å². The molecule has 5 nitrogen and oxygen atoms in total. The normalized spacial score (nSPS) is 11.0. The van der Waals surface area contributed by atoms with E-state index < -0.39 is 0 Å². The monoisotopic (exact) mass is 310 g/mol. The van der Waals surface area contributed by atoms with Crippen molar-refractivity contribution in [3.63, 3.8) is 0 Å². The van der Waals surface area contributed by atoms with E-state index in [4.69, 9.17) is 0 Å². The van der Waals surface area contributed by atoms with E-state index in [9.17, 15) is 4.79 Å². The van der Waals surface area contributed by atoms with Gasteiger partial charge in [0.25, 0.3) is 0 Å². The Labute approximate surface area is 131 Å². The maximum Gasteiger partial charge on any atom is 0.250 e. The van der Waals surface area contributed by atoms with Crippen molar-refractivity contribution in [3.8, 4) is 5.69 Å². The highest BCUT2D eigenvalue weighted by molar-refractivity contribution is 7.15. The van der Waals surface area contributed by atoms with E-state index in [1.165, 1.54) is 17.4 Å². The summed E-state index contributed by atoms with van der Waals surface area (Å²) >= 11 is 1.45. The Morgan fingerprint density at radius 3 is 2.82 bits per heavy atom. The first-order valence-electron chi connectivity index (χ1n) is 6.72. The number of amides is 1. The average molecular weight is 310 g/mol. The van der Waals surface area contributed by atoms with Gasteiger partial charge >= 0.3 is 0 Å². The van der Waals surface area contributed by atoms with E-state index >= 15 is 0 Å². The van der Waals surface area contributed by atoms with Crippen molar-refractivity contribution in [1.82, 2.24) is 14.8 Å². The lowest BCUT2D eigenvalue weighted by Gasteiger charge is -1.98. The van der Waals surface area contributed by atoms with Crippen LogP contribution in [0, 0.1) is 6.92 Å². The van der Waals surface area contributed by atoms with Crippen molar-refractivity contribution in [2.24, 2.45) is 0 Å². The molecule has 0 saturated heterocycles. The number of hydrogen-bond donors (Lipinski definition) is 1. The molecule has 1 amide bonds. The first kappa shape index (κ1) is 14.2.